The third kappa shape index (κ3) is 2.53. The molecule has 1 aromatic carbocycles. The Bertz CT molecular complexity index is 442. The van der Waals surface area contributed by atoms with Gasteiger partial charge in [-0.2, -0.15) is 0 Å². The third-order valence-corrected chi connectivity index (χ3v) is 3.09. The Morgan fingerprint density at radius 3 is 2.50 bits per heavy atom. The van der Waals surface area contributed by atoms with Gasteiger partial charge in [-0.15, -0.1) is 0 Å². The maximum absolute atomic E-state index is 12.2. The van der Waals surface area contributed by atoms with E-state index in [4.69, 9.17) is 0 Å². The predicted molar refractivity (Wildman–Crippen MR) is 68.9 cm³/mol. The fraction of sp³-hybridized carbons (Fsp3) is 0.429. The van der Waals surface area contributed by atoms with Crippen LogP contribution in [0.3, 0.4) is 0 Å². The molecular formula is C14H18N2O2. The van der Waals surface area contributed by atoms with Gasteiger partial charge in [0.05, 0.1) is 0 Å². The average Bonchev–Trinajstić information content (AvgIpc) is 2.63. The number of rotatable bonds is 4. The van der Waals surface area contributed by atoms with Crippen LogP contribution in [0.4, 0.5) is 4.79 Å². The monoisotopic (exact) mass is 246 g/mol. The molecule has 0 saturated carbocycles. The number of amides is 3. The molecule has 1 fully saturated rings. The van der Waals surface area contributed by atoms with Crippen molar-refractivity contribution >= 4 is 11.9 Å². The number of nitrogens with one attached hydrogen (secondary N) is 1. The zero-order chi connectivity index (χ0) is 13.1. The predicted octanol–water partition coefficient (Wildman–Crippen LogP) is 2.33. The summed E-state index contributed by atoms with van der Waals surface area (Å²) in [5.41, 5.74) is 0.836. The van der Waals surface area contributed by atoms with E-state index in [1.54, 1.807) is 0 Å². The van der Waals surface area contributed by atoms with Crippen molar-refractivity contribution in [3.63, 3.8) is 0 Å². The van der Waals surface area contributed by atoms with Crippen LogP contribution < -0.4 is 5.32 Å². The van der Waals surface area contributed by atoms with Crippen molar-refractivity contribution < 1.29 is 9.59 Å². The van der Waals surface area contributed by atoms with Crippen LogP contribution >= 0.6 is 0 Å². The van der Waals surface area contributed by atoms with Gasteiger partial charge in [0.2, 0.25) is 0 Å². The minimum Gasteiger partial charge on any atom is -0.322 e. The van der Waals surface area contributed by atoms with Gasteiger partial charge in [-0.25, -0.2) is 4.79 Å². The Kier molecular flexibility index (Phi) is 3.65. The van der Waals surface area contributed by atoms with E-state index in [1.807, 2.05) is 30.3 Å². The van der Waals surface area contributed by atoms with Crippen molar-refractivity contribution in [1.29, 1.82) is 0 Å². The Morgan fingerprint density at radius 2 is 1.89 bits per heavy atom. The SMILES string of the molecule is CC(C)CCN1C(=O)NC(c2ccccc2)C1=O. The molecular weight excluding hydrogens is 228 g/mol. The van der Waals surface area contributed by atoms with Gasteiger partial charge in [0.15, 0.2) is 0 Å². The first kappa shape index (κ1) is 12.6. The van der Waals surface area contributed by atoms with Crippen molar-refractivity contribution in [3.8, 4) is 0 Å². The van der Waals surface area contributed by atoms with E-state index in [0.717, 1.165) is 12.0 Å². The molecule has 18 heavy (non-hydrogen) atoms. The van der Waals surface area contributed by atoms with E-state index in [0.29, 0.717) is 12.5 Å². The maximum Gasteiger partial charge on any atom is 0.325 e. The fourth-order valence-corrected chi connectivity index (χ4v) is 1.99. The molecule has 1 heterocycles. The molecule has 1 aliphatic rings. The van der Waals surface area contributed by atoms with E-state index in [1.165, 1.54) is 4.90 Å². The molecule has 0 radical (unpaired) electrons. The molecule has 3 amide bonds. The Labute approximate surface area is 107 Å². The molecule has 1 aromatic rings. The summed E-state index contributed by atoms with van der Waals surface area (Å²) < 4.78 is 0. The Hall–Kier alpha value is -1.84. The first-order valence-corrected chi connectivity index (χ1v) is 6.26. The molecule has 2 rings (SSSR count). The van der Waals surface area contributed by atoms with Crippen LogP contribution in [0.1, 0.15) is 31.9 Å². The quantitative estimate of drug-likeness (QED) is 0.829. The first-order chi connectivity index (χ1) is 8.59. The Balaban J connectivity index is 2.09. The summed E-state index contributed by atoms with van der Waals surface area (Å²) in [4.78, 5) is 25.3. The van der Waals surface area contributed by atoms with Crippen molar-refractivity contribution in [3.05, 3.63) is 35.9 Å². The molecule has 0 aromatic heterocycles. The summed E-state index contributed by atoms with van der Waals surface area (Å²) in [6.07, 6.45) is 0.834. The number of imide groups is 1. The zero-order valence-electron chi connectivity index (χ0n) is 10.7. The number of benzene rings is 1. The normalized spacial score (nSPS) is 19.5. The highest BCUT2D eigenvalue weighted by Gasteiger charge is 2.38. The van der Waals surface area contributed by atoms with Gasteiger partial charge in [-0.3, -0.25) is 9.69 Å². The second-order valence-corrected chi connectivity index (χ2v) is 4.97. The second kappa shape index (κ2) is 5.21. The van der Waals surface area contributed by atoms with Crippen LogP contribution in [-0.4, -0.2) is 23.4 Å². The number of hydrogen-bond acceptors (Lipinski definition) is 2. The summed E-state index contributed by atoms with van der Waals surface area (Å²) in [7, 11) is 0. The largest absolute Gasteiger partial charge is 0.325 e. The maximum atomic E-state index is 12.2. The average molecular weight is 246 g/mol. The molecule has 1 aliphatic heterocycles. The number of carbonyl (C=O) groups excluding carboxylic acids is 2. The number of urea groups is 1. The van der Waals surface area contributed by atoms with Gasteiger partial charge in [0, 0.05) is 6.54 Å². The van der Waals surface area contributed by atoms with Gasteiger partial charge >= 0.3 is 6.03 Å². The fourth-order valence-electron chi connectivity index (χ4n) is 1.99. The Morgan fingerprint density at radius 1 is 1.22 bits per heavy atom. The lowest BCUT2D eigenvalue weighted by Gasteiger charge is -2.14. The van der Waals surface area contributed by atoms with E-state index in [2.05, 4.69) is 19.2 Å². The first-order valence-electron chi connectivity index (χ1n) is 6.26. The summed E-state index contributed by atoms with van der Waals surface area (Å²) in [6.45, 7) is 4.64. The molecule has 1 N–H and O–H groups in total. The van der Waals surface area contributed by atoms with Crippen LogP contribution in [0.25, 0.3) is 0 Å². The van der Waals surface area contributed by atoms with E-state index < -0.39 is 6.04 Å². The minimum absolute atomic E-state index is 0.146. The molecule has 1 atom stereocenters. The molecule has 1 saturated heterocycles. The molecule has 0 aliphatic carbocycles. The standard InChI is InChI=1S/C14H18N2O2/c1-10(2)8-9-16-13(17)12(15-14(16)18)11-6-4-3-5-7-11/h3-7,10,12H,8-9H2,1-2H3,(H,15,18). The van der Waals surface area contributed by atoms with Crippen molar-refractivity contribution in [2.75, 3.05) is 6.54 Å². The molecule has 96 valence electrons. The van der Waals surface area contributed by atoms with Crippen LogP contribution in [0.5, 0.6) is 0 Å². The van der Waals surface area contributed by atoms with Gasteiger partial charge in [0.25, 0.3) is 5.91 Å². The van der Waals surface area contributed by atoms with Crippen LogP contribution in [-0.2, 0) is 4.79 Å². The molecule has 0 bridgehead atoms. The van der Waals surface area contributed by atoms with E-state index >= 15 is 0 Å². The van der Waals surface area contributed by atoms with Crippen LogP contribution in [0.2, 0.25) is 0 Å². The lowest BCUT2D eigenvalue weighted by molar-refractivity contribution is -0.127. The van der Waals surface area contributed by atoms with Crippen LogP contribution in [0, 0.1) is 5.92 Å². The highest BCUT2D eigenvalue weighted by Crippen LogP contribution is 2.22. The third-order valence-electron chi connectivity index (χ3n) is 3.09. The number of carbonyl (C=O) groups is 2. The molecule has 4 heteroatoms. The second-order valence-electron chi connectivity index (χ2n) is 4.97. The lowest BCUT2D eigenvalue weighted by atomic mass is 10.1. The minimum atomic E-state index is -0.522. The highest BCUT2D eigenvalue weighted by atomic mass is 16.2. The summed E-state index contributed by atoms with van der Waals surface area (Å²) in [5, 5.41) is 2.73. The van der Waals surface area contributed by atoms with E-state index in [9.17, 15) is 9.59 Å². The molecule has 1 unspecified atom stereocenters. The highest BCUT2D eigenvalue weighted by molar-refractivity contribution is 6.04. The summed E-state index contributed by atoms with van der Waals surface area (Å²) >= 11 is 0. The summed E-state index contributed by atoms with van der Waals surface area (Å²) in [6, 6.07) is 8.53. The smallest absolute Gasteiger partial charge is 0.322 e. The van der Waals surface area contributed by atoms with Gasteiger partial charge in [-0.05, 0) is 17.9 Å². The topological polar surface area (TPSA) is 49.4 Å². The number of hydrogen-bond donors (Lipinski definition) is 1. The van der Waals surface area contributed by atoms with Crippen molar-refractivity contribution in [1.82, 2.24) is 10.2 Å². The van der Waals surface area contributed by atoms with E-state index in [-0.39, 0.29) is 11.9 Å². The molecule has 0 spiro atoms. The molecule has 4 nitrogen and oxygen atoms in total. The number of nitrogens with zero attached hydrogens (tertiary/aromatic N) is 1. The van der Waals surface area contributed by atoms with Crippen LogP contribution in [0.15, 0.2) is 30.3 Å². The van der Waals surface area contributed by atoms with Gasteiger partial charge in [0.1, 0.15) is 6.04 Å². The zero-order valence-corrected chi connectivity index (χ0v) is 10.7. The van der Waals surface area contributed by atoms with Crippen molar-refractivity contribution in [2.45, 2.75) is 26.3 Å². The van der Waals surface area contributed by atoms with Gasteiger partial charge < -0.3 is 5.32 Å². The summed E-state index contributed by atoms with van der Waals surface area (Å²) in [5.74, 6) is 0.327. The van der Waals surface area contributed by atoms with Gasteiger partial charge in [-0.1, -0.05) is 44.2 Å². The lowest BCUT2D eigenvalue weighted by Crippen LogP contribution is -2.32. The van der Waals surface area contributed by atoms with Crippen molar-refractivity contribution in [2.24, 2.45) is 5.92 Å².